The second-order valence-corrected chi connectivity index (χ2v) is 6.15. The quantitative estimate of drug-likeness (QED) is 0.781. The molecule has 0 heterocycles. The zero-order valence-corrected chi connectivity index (χ0v) is 11.6. The van der Waals surface area contributed by atoms with Crippen molar-refractivity contribution in [3.63, 3.8) is 0 Å². The van der Waals surface area contributed by atoms with Gasteiger partial charge in [-0.05, 0) is 45.4 Å². The molecule has 3 heteroatoms. The van der Waals surface area contributed by atoms with Crippen LogP contribution in [0.4, 0.5) is 0 Å². The molecule has 0 spiro atoms. The van der Waals surface area contributed by atoms with Crippen LogP contribution in [-0.4, -0.2) is 17.7 Å². The van der Waals surface area contributed by atoms with E-state index in [9.17, 15) is 9.59 Å². The molecule has 1 N–H and O–H groups in total. The first-order valence-electron chi connectivity index (χ1n) is 7.38. The molecule has 2 rings (SSSR count). The van der Waals surface area contributed by atoms with E-state index < -0.39 is 5.41 Å². The van der Waals surface area contributed by atoms with Gasteiger partial charge in [-0.15, -0.1) is 0 Å². The minimum atomic E-state index is -0.678. The molecule has 2 saturated carbocycles. The molecule has 1 atom stereocenters. The number of nitrogens with one attached hydrogen (secondary N) is 1. The van der Waals surface area contributed by atoms with E-state index in [4.69, 9.17) is 0 Å². The largest absolute Gasteiger partial charge is 0.353 e. The zero-order valence-electron chi connectivity index (χ0n) is 11.6. The molecule has 0 aromatic rings. The molecule has 0 saturated heterocycles. The van der Waals surface area contributed by atoms with Crippen molar-refractivity contribution in [2.24, 2.45) is 11.3 Å². The van der Waals surface area contributed by atoms with Crippen molar-refractivity contribution in [1.82, 2.24) is 5.32 Å². The third-order valence-electron chi connectivity index (χ3n) is 5.03. The summed E-state index contributed by atoms with van der Waals surface area (Å²) >= 11 is 0. The van der Waals surface area contributed by atoms with Gasteiger partial charge in [-0.1, -0.05) is 25.7 Å². The highest BCUT2D eigenvalue weighted by molar-refractivity contribution is 6.06. The number of hydrogen-bond donors (Lipinski definition) is 1. The van der Waals surface area contributed by atoms with E-state index in [1.807, 2.05) is 0 Å². The van der Waals surface area contributed by atoms with E-state index in [0.29, 0.717) is 5.92 Å². The van der Waals surface area contributed by atoms with Crippen molar-refractivity contribution >= 4 is 11.7 Å². The Morgan fingerprint density at radius 1 is 1.11 bits per heavy atom. The SMILES string of the molecule is CC(=O)C1(C(=O)NC(C)C2CCCCC2)CCC1. The Bertz CT molecular complexity index is 327. The molecule has 1 amide bonds. The van der Waals surface area contributed by atoms with Gasteiger partial charge in [-0.2, -0.15) is 0 Å². The maximum Gasteiger partial charge on any atom is 0.233 e. The average molecular weight is 251 g/mol. The number of hydrogen-bond acceptors (Lipinski definition) is 2. The van der Waals surface area contributed by atoms with Crippen molar-refractivity contribution in [3.05, 3.63) is 0 Å². The van der Waals surface area contributed by atoms with Gasteiger partial charge in [0, 0.05) is 6.04 Å². The van der Waals surface area contributed by atoms with Gasteiger partial charge >= 0.3 is 0 Å². The molecular formula is C15H25NO2. The van der Waals surface area contributed by atoms with E-state index in [1.165, 1.54) is 32.1 Å². The fourth-order valence-electron chi connectivity index (χ4n) is 3.37. The first-order valence-corrected chi connectivity index (χ1v) is 7.38. The second-order valence-electron chi connectivity index (χ2n) is 6.15. The summed E-state index contributed by atoms with van der Waals surface area (Å²) in [5, 5.41) is 3.11. The normalized spacial score (nSPS) is 25.0. The van der Waals surface area contributed by atoms with Gasteiger partial charge in [0.15, 0.2) is 0 Å². The number of carbonyl (C=O) groups is 2. The van der Waals surface area contributed by atoms with Gasteiger partial charge in [0.2, 0.25) is 5.91 Å². The van der Waals surface area contributed by atoms with Crippen LogP contribution >= 0.6 is 0 Å². The molecule has 2 aliphatic carbocycles. The van der Waals surface area contributed by atoms with Crippen LogP contribution in [0.1, 0.15) is 65.2 Å². The highest BCUT2D eigenvalue weighted by Crippen LogP contribution is 2.42. The number of amides is 1. The summed E-state index contributed by atoms with van der Waals surface area (Å²) in [7, 11) is 0. The minimum Gasteiger partial charge on any atom is -0.353 e. The van der Waals surface area contributed by atoms with Crippen molar-refractivity contribution in [1.29, 1.82) is 0 Å². The van der Waals surface area contributed by atoms with Gasteiger partial charge in [-0.3, -0.25) is 9.59 Å². The van der Waals surface area contributed by atoms with Gasteiger partial charge in [-0.25, -0.2) is 0 Å². The van der Waals surface area contributed by atoms with Crippen LogP contribution in [0, 0.1) is 11.3 Å². The maximum absolute atomic E-state index is 12.3. The van der Waals surface area contributed by atoms with Crippen LogP contribution in [0.3, 0.4) is 0 Å². The lowest BCUT2D eigenvalue weighted by molar-refractivity contribution is -0.147. The Balaban J connectivity index is 1.91. The Labute approximate surface area is 110 Å². The molecule has 0 aromatic carbocycles. The van der Waals surface area contributed by atoms with Gasteiger partial charge in [0.25, 0.3) is 0 Å². The molecule has 3 nitrogen and oxygen atoms in total. The number of rotatable bonds is 4. The van der Waals surface area contributed by atoms with Crippen molar-refractivity contribution in [2.45, 2.75) is 71.3 Å². The maximum atomic E-state index is 12.3. The van der Waals surface area contributed by atoms with E-state index >= 15 is 0 Å². The van der Waals surface area contributed by atoms with E-state index in [1.54, 1.807) is 6.92 Å². The molecule has 0 aliphatic heterocycles. The summed E-state index contributed by atoms with van der Waals surface area (Å²) in [5.41, 5.74) is -0.678. The Morgan fingerprint density at radius 3 is 2.17 bits per heavy atom. The molecule has 1 unspecified atom stereocenters. The second kappa shape index (κ2) is 5.41. The predicted octanol–water partition coefficient (Wildman–Crippen LogP) is 2.83. The van der Waals surface area contributed by atoms with E-state index in [0.717, 1.165) is 19.3 Å². The van der Waals surface area contributed by atoms with E-state index in [-0.39, 0.29) is 17.7 Å². The smallest absolute Gasteiger partial charge is 0.233 e. The Morgan fingerprint density at radius 2 is 1.72 bits per heavy atom. The fourth-order valence-corrected chi connectivity index (χ4v) is 3.37. The Hall–Kier alpha value is -0.860. The van der Waals surface area contributed by atoms with Crippen LogP contribution in [0.25, 0.3) is 0 Å². The standard InChI is InChI=1S/C15H25NO2/c1-11(13-7-4-3-5-8-13)16-14(18)15(12(2)17)9-6-10-15/h11,13H,3-10H2,1-2H3,(H,16,18). The highest BCUT2D eigenvalue weighted by Gasteiger charge is 2.48. The number of carbonyl (C=O) groups excluding carboxylic acids is 2. The fraction of sp³-hybridized carbons (Fsp3) is 0.867. The predicted molar refractivity (Wildman–Crippen MR) is 71.1 cm³/mol. The van der Waals surface area contributed by atoms with Crippen molar-refractivity contribution < 1.29 is 9.59 Å². The third-order valence-corrected chi connectivity index (χ3v) is 5.03. The summed E-state index contributed by atoms with van der Waals surface area (Å²) in [4.78, 5) is 24.0. The molecule has 2 fully saturated rings. The lowest BCUT2D eigenvalue weighted by atomic mass is 9.65. The summed E-state index contributed by atoms with van der Waals surface area (Å²) in [5.74, 6) is 0.633. The molecular weight excluding hydrogens is 226 g/mol. The van der Waals surface area contributed by atoms with Crippen LogP contribution < -0.4 is 5.32 Å². The summed E-state index contributed by atoms with van der Waals surface area (Å²) in [6.45, 7) is 3.66. The zero-order chi connectivity index (χ0) is 13.2. The first kappa shape index (κ1) is 13.6. The minimum absolute atomic E-state index is 0.0145. The Kier molecular flexibility index (Phi) is 4.08. The molecule has 102 valence electrons. The van der Waals surface area contributed by atoms with Gasteiger partial charge in [0.05, 0.1) is 0 Å². The lowest BCUT2D eigenvalue weighted by Crippen LogP contribution is -2.53. The molecule has 18 heavy (non-hydrogen) atoms. The number of Topliss-reactive ketones (excluding diaryl/α,β-unsaturated/α-hetero) is 1. The van der Waals surface area contributed by atoms with Crippen molar-refractivity contribution in [3.8, 4) is 0 Å². The molecule has 0 radical (unpaired) electrons. The highest BCUT2D eigenvalue weighted by atomic mass is 16.2. The monoisotopic (exact) mass is 251 g/mol. The van der Waals surface area contributed by atoms with Gasteiger partial charge < -0.3 is 5.32 Å². The van der Waals surface area contributed by atoms with Crippen LogP contribution in [-0.2, 0) is 9.59 Å². The van der Waals surface area contributed by atoms with Crippen molar-refractivity contribution in [2.75, 3.05) is 0 Å². The number of ketones is 1. The lowest BCUT2D eigenvalue weighted by Gasteiger charge is -2.39. The summed E-state index contributed by atoms with van der Waals surface area (Å²) in [6.07, 6.45) is 8.81. The van der Waals surface area contributed by atoms with Gasteiger partial charge in [0.1, 0.15) is 11.2 Å². The molecule has 0 aromatic heterocycles. The van der Waals surface area contributed by atoms with Crippen LogP contribution in [0.5, 0.6) is 0 Å². The molecule has 0 bridgehead atoms. The van der Waals surface area contributed by atoms with Crippen LogP contribution in [0.15, 0.2) is 0 Å². The topological polar surface area (TPSA) is 46.2 Å². The summed E-state index contributed by atoms with van der Waals surface area (Å²) in [6, 6.07) is 0.217. The van der Waals surface area contributed by atoms with Crippen LogP contribution in [0.2, 0.25) is 0 Å². The third kappa shape index (κ3) is 2.45. The molecule has 2 aliphatic rings. The summed E-state index contributed by atoms with van der Waals surface area (Å²) < 4.78 is 0. The van der Waals surface area contributed by atoms with E-state index in [2.05, 4.69) is 12.2 Å². The average Bonchev–Trinajstić information content (AvgIpc) is 2.28. The first-order chi connectivity index (χ1) is 8.56.